The van der Waals surface area contributed by atoms with Gasteiger partial charge in [-0.25, -0.2) is 4.57 Å². The highest BCUT2D eigenvalue weighted by Crippen LogP contribution is 2.43. The van der Waals surface area contributed by atoms with Gasteiger partial charge in [-0.15, -0.1) is 0 Å². The number of phosphoric ester groups is 1. The second kappa shape index (κ2) is 36.1. The molecule has 0 amide bonds. The zero-order valence-corrected chi connectivity index (χ0v) is 31.9. The first-order valence-electron chi connectivity index (χ1n) is 22.8. The van der Waals surface area contributed by atoms with Crippen LogP contribution in [-0.2, 0) is 32.7 Å². The maximum atomic E-state index is 12.6. The van der Waals surface area contributed by atoms with Crippen molar-refractivity contribution < 1.29 is 57.4 Å². The number of aliphatic hydroxyl groups excluding tert-OH is 2. The van der Waals surface area contributed by atoms with Gasteiger partial charge in [0.1, 0.15) is 12.7 Å². The van der Waals surface area contributed by atoms with Crippen LogP contribution in [0.25, 0.3) is 0 Å². The molecule has 0 rings (SSSR count). The Labute approximate surface area is 314 Å². The molecule has 0 aliphatic rings. The van der Waals surface area contributed by atoms with E-state index in [0.29, 0.717) is 25.7 Å². The van der Waals surface area contributed by atoms with Gasteiger partial charge in [0.25, 0.3) is 0 Å². The number of carbonyl (C=O) groups excluding carboxylic acids is 2. The number of allylic oxidation sites excluding steroid dienone is 2. The molecular formula is C39H75O10P. The molecule has 0 radical (unpaired) electrons. The van der Waals surface area contributed by atoms with Gasteiger partial charge in [-0.2, -0.15) is 0 Å². The molecule has 3 atom stereocenters. The lowest BCUT2D eigenvalue weighted by Gasteiger charge is -2.20. The standard InChI is InChI=1S/C39H75O10P/c1-3-5-7-9-11-13-15-17-18-19-21-23-25-27-29-31-39(43)49-37(35-48-50(44,45)47-33-36(41)32-40)34-46-38(42)30-28-26-24-22-20-16-14-12-10-8-6-4-2/h17-18,36-37,40-41H,3-16,19-35H2,1-2H3,(H,44,45)/b18-17+/t36?,37-/m1/s1/i1D3,3D2,5D2. The summed E-state index contributed by atoms with van der Waals surface area (Å²) in [6.45, 7) is -3.08. The lowest BCUT2D eigenvalue weighted by molar-refractivity contribution is -0.161. The zero-order chi connectivity index (χ0) is 43.1. The third-order valence-electron chi connectivity index (χ3n) is 8.21. The van der Waals surface area contributed by atoms with Crippen molar-refractivity contribution in [3.63, 3.8) is 0 Å². The molecule has 0 spiro atoms. The number of ether oxygens (including phenoxy) is 2. The van der Waals surface area contributed by atoms with Gasteiger partial charge < -0.3 is 24.6 Å². The number of hydrogen-bond acceptors (Lipinski definition) is 9. The highest BCUT2D eigenvalue weighted by atomic mass is 31.2. The second-order valence-electron chi connectivity index (χ2n) is 13.0. The fraction of sp³-hybridized carbons (Fsp3) is 0.897. The van der Waals surface area contributed by atoms with Crippen LogP contribution in [0, 0.1) is 0 Å². The number of phosphoric acid groups is 1. The lowest BCUT2D eigenvalue weighted by Crippen LogP contribution is -2.29. The average molecular weight is 742 g/mol. The summed E-state index contributed by atoms with van der Waals surface area (Å²) in [4.78, 5) is 34.9. The molecule has 0 heterocycles. The first-order chi connectivity index (χ1) is 26.9. The lowest BCUT2D eigenvalue weighted by atomic mass is 10.0. The van der Waals surface area contributed by atoms with Gasteiger partial charge in [-0.1, -0.05) is 148 Å². The molecule has 2 unspecified atom stereocenters. The van der Waals surface area contributed by atoms with Gasteiger partial charge in [-0.05, 0) is 38.5 Å². The number of hydrogen-bond donors (Lipinski definition) is 3. The number of esters is 2. The topological polar surface area (TPSA) is 149 Å². The molecule has 50 heavy (non-hydrogen) atoms. The molecule has 10 nitrogen and oxygen atoms in total. The van der Waals surface area contributed by atoms with E-state index in [4.69, 9.17) is 28.7 Å². The van der Waals surface area contributed by atoms with Crippen LogP contribution >= 0.6 is 7.82 Å². The zero-order valence-electron chi connectivity index (χ0n) is 38.0. The van der Waals surface area contributed by atoms with Crippen LogP contribution in [0.3, 0.4) is 0 Å². The van der Waals surface area contributed by atoms with Crippen molar-refractivity contribution in [2.24, 2.45) is 0 Å². The molecule has 11 heteroatoms. The van der Waals surface area contributed by atoms with E-state index >= 15 is 0 Å². The predicted molar refractivity (Wildman–Crippen MR) is 201 cm³/mol. The van der Waals surface area contributed by atoms with E-state index in [0.717, 1.165) is 64.2 Å². The summed E-state index contributed by atoms with van der Waals surface area (Å²) in [6.07, 6.45) is 18.2. The highest BCUT2D eigenvalue weighted by Gasteiger charge is 2.27. The van der Waals surface area contributed by atoms with E-state index in [1.165, 1.54) is 51.4 Å². The molecule has 0 aromatic rings. The SMILES string of the molecule is [2H]C([2H])([2H])C([2H])([2H])C([2H])([2H])CCCCC/C=C/CCCCCCCC(=O)O[C@H](COC(=O)CCCCCCCCCCCCCC)COP(=O)(O)OCC(O)CO. The molecule has 0 aromatic carbocycles. The largest absolute Gasteiger partial charge is 0.472 e. The summed E-state index contributed by atoms with van der Waals surface area (Å²) < 4.78 is 85.5. The van der Waals surface area contributed by atoms with Crippen LogP contribution in [0.1, 0.15) is 197 Å². The fourth-order valence-corrected chi connectivity index (χ4v) is 5.98. The first kappa shape index (κ1) is 37.0. The van der Waals surface area contributed by atoms with Gasteiger partial charge in [0.05, 0.1) is 19.8 Å². The molecule has 3 N–H and O–H groups in total. The summed E-state index contributed by atoms with van der Waals surface area (Å²) in [6, 6.07) is 0. The van der Waals surface area contributed by atoms with Crippen LogP contribution in [-0.4, -0.2) is 65.7 Å². The van der Waals surface area contributed by atoms with E-state index in [9.17, 15) is 24.2 Å². The van der Waals surface area contributed by atoms with Gasteiger partial charge >= 0.3 is 19.8 Å². The number of carbonyl (C=O) groups is 2. The van der Waals surface area contributed by atoms with Crippen LogP contribution in [0.5, 0.6) is 0 Å². The Kier molecular flexibility index (Phi) is 26.7. The first-order valence-corrected chi connectivity index (χ1v) is 20.8. The average Bonchev–Trinajstić information content (AvgIpc) is 3.14. The maximum absolute atomic E-state index is 12.6. The summed E-state index contributed by atoms with van der Waals surface area (Å²) >= 11 is 0. The smallest absolute Gasteiger partial charge is 0.462 e. The Morgan fingerprint density at radius 1 is 0.700 bits per heavy atom. The van der Waals surface area contributed by atoms with E-state index in [1.807, 2.05) is 0 Å². The van der Waals surface area contributed by atoms with Crippen LogP contribution in [0.2, 0.25) is 0 Å². The van der Waals surface area contributed by atoms with Gasteiger partial charge in [0.15, 0.2) is 6.10 Å². The van der Waals surface area contributed by atoms with Crippen LogP contribution in [0.15, 0.2) is 12.2 Å². The van der Waals surface area contributed by atoms with Crippen molar-refractivity contribution in [2.75, 3.05) is 26.4 Å². The van der Waals surface area contributed by atoms with Crippen molar-refractivity contribution in [3.05, 3.63) is 12.2 Å². The predicted octanol–water partition coefficient (Wildman–Crippen LogP) is 10.1. The van der Waals surface area contributed by atoms with E-state index in [1.54, 1.807) is 0 Å². The highest BCUT2D eigenvalue weighted by molar-refractivity contribution is 7.47. The van der Waals surface area contributed by atoms with Crippen molar-refractivity contribution in [1.29, 1.82) is 0 Å². The summed E-state index contributed by atoms with van der Waals surface area (Å²) in [5.74, 6) is -1.04. The third-order valence-corrected chi connectivity index (χ3v) is 9.16. The van der Waals surface area contributed by atoms with Gasteiger partial charge in [-0.3, -0.25) is 18.6 Å². The molecule has 0 aliphatic heterocycles. The molecule has 0 bridgehead atoms. The molecule has 0 aromatic heterocycles. The summed E-state index contributed by atoms with van der Waals surface area (Å²) in [5.41, 5.74) is 0. The van der Waals surface area contributed by atoms with Crippen LogP contribution < -0.4 is 0 Å². The molecular weight excluding hydrogens is 659 g/mol. The Hall–Kier alpha value is -1.29. The normalized spacial score (nSPS) is 17.0. The van der Waals surface area contributed by atoms with Crippen molar-refractivity contribution in [3.8, 4) is 0 Å². The summed E-state index contributed by atoms with van der Waals surface area (Å²) in [7, 11) is -4.66. The van der Waals surface area contributed by atoms with E-state index in [2.05, 4.69) is 23.6 Å². The van der Waals surface area contributed by atoms with Gasteiger partial charge in [0, 0.05) is 22.4 Å². The Morgan fingerprint density at radius 3 is 1.72 bits per heavy atom. The van der Waals surface area contributed by atoms with Crippen molar-refractivity contribution in [1.82, 2.24) is 0 Å². The monoisotopic (exact) mass is 742 g/mol. The van der Waals surface area contributed by atoms with Crippen molar-refractivity contribution >= 4 is 19.8 Å². The van der Waals surface area contributed by atoms with Gasteiger partial charge in [0.2, 0.25) is 0 Å². The molecule has 0 aliphatic carbocycles. The Balaban J connectivity index is 4.40. The maximum Gasteiger partial charge on any atom is 0.472 e. The number of rotatable bonds is 38. The van der Waals surface area contributed by atoms with E-state index in [-0.39, 0.29) is 25.9 Å². The number of unbranched alkanes of at least 4 members (excludes halogenated alkanes) is 19. The Bertz CT molecular complexity index is 1110. The van der Waals surface area contributed by atoms with Crippen LogP contribution in [0.4, 0.5) is 0 Å². The minimum absolute atomic E-state index is 0.0987. The minimum atomic E-state index is -4.66. The molecule has 0 fully saturated rings. The molecule has 0 saturated carbocycles. The van der Waals surface area contributed by atoms with Crippen molar-refractivity contribution in [2.45, 2.75) is 199 Å². The number of aliphatic hydroxyl groups is 2. The summed E-state index contributed by atoms with van der Waals surface area (Å²) in [5, 5.41) is 18.3. The molecule has 296 valence electrons. The molecule has 0 saturated heterocycles. The third kappa shape index (κ3) is 35.1. The Morgan fingerprint density at radius 2 is 1.18 bits per heavy atom. The fourth-order valence-electron chi connectivity index (χ4n) is 5.19. The second-order valence-corrected chi connectivity index (χ2v) is 14.5. The quantitative estimate of drug-likeness (QED) is 0.0242. The van der Waals surface area contributed by atoms with E-state index < -0.39 is 71.4 Å². The minimum Gasteiger partial charge on any atom is -0.462 e.